The monoisotopic (exact) mass is 475 g/mol. The van der Waals surface area contributed by atoms with Crippen molar-refractivity contribution < 1.29 is 40.8 Å². The number of ether oxygens (including phenoxy) is 3. The number of aliphatic hydroxyl groups is 4. The van der Waals surface area contributed by atoms with E-state index in [0.29, 0.717) is 18.6 Å². The lowest BCUT2D eigenvalue weighted by atomic mass is 9.92. The van der Waals surface area contributed by atoms with Crippen molar-refractivity contribution in [2.75, 3.05) is 7.11 Å². The van der Waals surface area contributed by atoms with Crippen LogP contribution in [-0.4, -0.2) is 70.1 Å². The normalized spacial score (nSPS) is 26.9. The molecule has 3 unspecified atom stereocenters. The predicted octanol–water partition coefficient (Wildman–Crippen LogP) is 1.98. The number of hydrogen-bond donors (Lipinski definition) is 4. The smallest absolute Gasteiger partial charge is 0.229 e. The van der Waals surface area contributed by atoms with E-state index in [0.717, 1.165) is 23.3 Å². The van der Waals surface area contributed by atoms with Crippen LogP contribution in [0.15, 0.2) is 48.5 Å². The van der Waals surface area contributed by atoms with Crippen LogP contribution >= 0.6 is 0 Å². The fourth-order valence-corrected chi connectivity index (χ4v) is 3.82. The molecule has 0 aliphatic carbocycles. The molecule has 186 valence electrons. The number of unbranched alkanes of at least 4 members (excludes halogenated alkanes) is 1. The van der Waals surface area contributed by atoms with Crippen LogP contribution in [0.3, 0.4) is 0 Å². The van der Waals surface area contributed by atoms with Crippen molar-refractivity contribution in [2.45, 2.75) is 75.8 Å². The van der Waals surface area contributed by atoms with Crippen LogP contribution in [0.2, 0.25) is 0 Å². The van der Waals surface area contributed by atoms with E-state index in [1.165, 1.54) is 0 Å². The summed E-state index contributed by atoms with van der Waals surface area (Å²) in [5, 5.41) is 41.8. The Balaban J connectivity index is 1.76. The van der Waals surface area contributed by atoms with Gasteiger partial charge in [0.1, 0.15) is 42.0 Å². The molecule has 2 aromatic carbocycles. The van der Waals surface area contributed by atoms with E-state index in [1.54, 1.807) is 19.2 Å². The SMILES string of the molecule is [2H]C(CCCC)C(=O)C(O)[C@H]1OC(Oc2ccccc2Cc2ccc(OC)cc2)[C@H](O)[C@@H](O)[C@@H]1O. The van der Waals surface area contributed by atoms with Crippen LogP contribution in [-0.2, 0) is 16.0 Å². The van der Waals surface area contributed by atoms with Crippen LogP contribution in [0.25, 0.3) is 0 Å². The second-order valence-corrected chi connectivity index (χ2v) is 8.38. The molecule has 1 heterocycles. The lowest BCUT2D eigenvalue weighted by molar-refractivity contribution is -0.285. The van der Waals surface area contributed by atoms with Gasteiger partial charge < -0.3 is 34.6 Å². The van der Waals surface area contributed by atoms with Crippen molar-refractivity contribution in [1.82, 2.24) is 0 Å². The van der Waals surface area contributed by atoms with Gasteiger partial charge in [-0.3, -0.25) is 4.79 Å². The third kappa shape index (κ3) is 6.34. The topological polar surface area (TPSA) is 126 Å². The predicted molar refractivity (Wildman–Crippen MR) is 125 cm³/mol. The van der Waals surface area contributed by atoms with Gasteiger partial charge in [-0.25, -0.2) is 0 Å². The van der Waals surface area contributed by atoms with Crippen molar-refractivity contribution in [3.05, 3.63) is 59.7 Å². The number of Topliss-reactive ketones (excluding diaryl/α,β-unsaturated/α-hetero) is 1. The second-order valence-electron chi connectivity index (χ2n) is 8.38. The van der Waals surface area contributed by atoms with Crippen LogP contribution in [0.5, 0.6) is 11.5 Å². The maximum absolute atomic E-state index is 12.5. The number of benzene rings is 2. The van der Waals surface area contributed by atoms with Crippen LogP contribution in [0.1, 0.15) is 45.1 Å². The summed E-state index contributed by atoms with van der Waals surface area (Å²) in [5.41, 5.74) is 1.75. The van der Waals surface area contributed by atoms with Gasteiger partial charge in [-0.15, -0.1) is 0 Å². The first kappa shape index (κ1) is 24.6. The fraction of sp³-hybridized carbons (Fsp3) is 0.500. The van der Waals surface area contributed by atoms with Crippen molar-refractivity contribution in [2.24, 2.45) is 0 Å². The standard InChI is InChI=1S/C26H34O8/c1-3-4-5-9-19(27)21(28)25-23(30)22(29)24(31)26(34-25)33-20-10-7-6-8-17(20)15-16-11-13-18(32-2)14-12-16/h6-8,10-14,21-26,28-31H,3-5,9,15H2,1-2H3/t21?,22-,23-,24+,25+,26?/m0/s1/i9D/t9?,21?,22-,23-,24+,25+,26?. The number of ketones is 1. The molecule has 0 radical (unpaired) electrons. The van der Waals surface area contributed by atoms with E-state index in [4.69, 9.17) is 15.6 Å². The molecule has 0 bridgehead atoms. The zero-order valence-corrected chi connectivity index (χ0v) is 19.4. The maximum Gasteiger partial charge on any atom is 0.229 e. The Morgan fingerprint density at radius 3 is 2.44 bits per heavy atom. The highest BCUT2D eigenvalue weighted by molar-refractivity contribution is 5.83. The van der Waals surface area contributed by atoms with E-state index in [1.807, 2.05) is 43.3 Å². The minimum Gasteiger partial charge on any atom is -0.497 e. The third-order valence-corrected chi connectivity index (χ3v) is 5.88. The molecule has 0 saturated carbocycles. The van der Waals surface area contributed by atoms with Crippen LogP contribution < -0.4 is 9.47 Å². The summed E-state index contributed by atoms with van der Waals surface area (Å²) in [6, 6.07) is 14.6. The molecule has 4 N–H and O–H groups in total. The number of hydrogen-bond acceptors (Lipinski definition) is 8. The van der Waals surface area contributed by atoms with Crippen molar-refractivity contribution in [3.8, 4) is 11.5 Å². The maximum atomic E-state index is 12.5. The molecule has 0 aromatic heterocycles. The van der Waals surface area contributed by atoms with Crippen molar-refractivity contribution in [1.29, 1.82) is 0 Å². The quantitative estimate of drug-likeness (QED) is 0.389. The molecule has 2 aromatic rings. The van der Waals surface area contributed by atoms with Crippen molar-refractivity contribution >= 4 is 5.78 Å². The highest BCUT2D eigenvalue weighted by Gasteiger charge is 2.49. The van der Waals surface area contributed by atoms with Gasteiger partial charge in [0.2, 0.25) is 6.29 Å². The summed E-state index contributed by atoms with van der Waals surface area (Å²) >= 11 is 0. The van der Waals surface area contributed by atoms with Gasteiger partial charge in [-0.1, -0.05) is 50.1 Å². The van der Waals surface area contributed by atoms with E-state index in [2.05, 4.69) is 0 Å². The Morgan fingerprint density at radius 1 is 1.06 bits per heavy atom. The zero-order valence-electron chi connectivity index (χ0n) is 20.4. The Kier molecular flexibility index (Phi) is 8.90. The molecule has 1 aliphatic heterocycles. The number of carbonyl (C=O) groups excluding carboxylic acids is 1. The van der Waals surface area contributed by atoms with Gasteiger partial charge in [-0.05, 0) is 35.7 Å². The minimum absolute atomic E-state index is 0.263. The zero-order chi connectivity index (χ0) is 25.5. The van der Waals surface area contributed by atoms with Gasteiger partial charge in [0, 0.05) is 14.2 Å². The number of para-hydroxylation sites is 1. The molecule has 1 saturated heterocycles. The van der Waals surface area contributed by atoms with E-state index in [9.17, 15) is 25.2 Å². The number of aliphatic hydroxyl groups excluding tert-OH is 4. The Morgan fingerprint density at radius 2 is 1.76 bits per heavy atom. The van der Waals surface area contributed by atoms with Gasteiger partial charge in [0.05, 0.1) is 7.11 Å². The minimum atomic E-state index is -1.85. The molecule has 7 atom stereocenters. The molecule has 0 spiro atoms. The molecular formula is C26H34O8. The first-order chi connectivity index (χ1) is 16.8. The van der Waals surface area contributed by atoms with Gasteiger partial charge in [0.25, 0.3) is 0 Å². The first-order valence-electron chi connectivity index (χ1n) is 12.1. The summed E-state index contributed by atoms with van der Waals surface area (Å²) in [7, 11) is 1.59. The van der Waals surface area contributed by atoms with E-state index >= 15 is 0 Å². The van der Waals surface area contributed by atoms with Crippen LogP contribution in [0, 0.1) is 0 Å². The summed E-state index contributed by atoms with van der Waals surface area (Å²) in [5.74, 6) is 0.287. The lowest BCUT2D eigenvalue weighted by Gasteiger charge is -2.41. The Bertz CT molecular complexity index is 953. The van der Waals surface area contributed by atoms with Crippen molar-refractivity contribution in [3.63, 3.8) is 0 Å². The summed E-state index contributed by atoms with van der Waals surface area (Å²) < 4.78 is 24.7. The molecule has 0 amide bonds. The first-order valence-corrected chi connectivity index (χ1v) is 11.5. The van der Waals surface area contributed by atoms with E-state index in [-0.39, 0.29) is 6.42 Å². The van der Waals surface area contributed by atoms with Crippen LogP contribution in [0.4, 0.5) is 0 Å². The average Bonchev–Trinajstić information content (AvgIpc) is 2.88. The number of methoxy groups -OCH3 is 1. The average molecular weight is 476 g/mol. The Hall–Kier alpha value is -2.49. The Labute approximate surface area is 201 Å². The molecule has 1 aliphatic rings. The summed E-state index contributed by atoms with van der Waals surface area (Å²) in [6.45, 7) is 1.92. The van der Waals surface area contributed by atoms with Gasteiger partial charge in [-0.2, -0.15) is 0 Å². The number of carbonyl (C=O) groups is 1. The summed E-state index contributed by atoms with van der Waals surface area (Å²) in [6.07, 6.45) is -8.98. The highest BCUT2D eigenvalue weighted by Crippen LogP contribution is 2.29. The summed E-state index contributed by atoms with van der Waals surface area (Å²) in [4.78, 5) is 12.5. The molecule has 1 fully saturated rings. The molecule has 8 heteroatoms. The van der Waals surface area contributed by atoms with Gasteiger partial charge >= 0.3 is 0 Å². The molecule has 3 rings (SSSR count). The highest BCUT2D eigenvalue weighted by atomic mass is 16.7. The lowest BCUT2D eigenvalue weighted by Crippen LogP contribution is -2.63. The fourth-order valence-electron chi connectivity index (χ4n) is 3.82. The van der Waals surface area contributed by atoms with Gasteiger partial charge in [0.15, 0.2) is 5.78 Å². The molecule has 8 nitrogen and oxygen atoms in total. The number of rotatable bonds is 11. The molecule has 34 heavy (non-hydrogen) atoms. The molecular weight excluding hydrogens is 440 g/mol. The second kappa shape index (κ2) is 12.3. The van der Waals surface area contributed by atoms with E-state index < -0.39 is 49.0 Å². The third-order valence-electron chi connectivity index (χ3n) is 5.88. The largest absolute Gasteiger partial charge is 0.497 e.